The molecule has 0 spiro atoms. The van der Waals surface area contributed by atoms with E-state index in [2.05, 4.69) is 10.3 Å². The average Bonchev–Trinajstić information content (AvgIpc) is 3.19. The highest BCUT2D eigenvalue weighted by Crippen LogP contribution is 2.39. The number of nitro benzene ring substituents is 2. The highest BCUT2D eigenvalue weighted by atomic mass is 16.6. The van der Waals surface area contributed by atoms with Crippen LogP contribution in [0.5, 0.6) is 0 Å². The van der Waals surface area contributed by atoms with Crippen LogP contribution in [-0.4, -0.2) is 25.3 Å². The number of benzene rings is 3. The van der Waals surface area contributed by atoms with Crippen LogP contribution in [0.3, 0.4) is 0 Å². The van der Waals surface area contributed by atoms with E-state index in [1.54, 1.807) is 43.3 Å². The van der Waals surface area contributed by atoms with Crippen LogP contribution >= 0.6 is 0 Å². The maximum Gasteiger partial charge on any atom is 0.300 e. The predicted octanol–water partition coefficient (Wildman–Crippen LogP) is 4.90. The van der Waals surface area contributed by atoms with Gasteiger partial charge in [0.15, 0.2) is 5.69 Å². The minimum absolute atomic E-state index is 0.197. The van der Waals surface area contributed by atoms with Crippen LogP contribution < -0.4 is 5.32 Å². The van der Waals surface area contributed by atoms with E-state index < -0.39 is 27.1 Å². The van der Waals surface area contributed by atoms with Crippen LogP contribution in [0.4, 0.5) is 22.7 Å². The van der Waals surface area contributed by atoms with Crippen LogP contribution in [0, 0.1) is 34.1 Å². The number of nitrogens with zero attached hydrogens (tertiary/aromatic N) is 4. The Hall–Kier alpha value is -4.60. The van der Waals surface area contributed by atoms with Gasteiger partial charge >= 0.3 is 11.4 Å². The molecule has 3 aromatic carbocycles. The fourth-order valence-electron chi connectivity index (χ4n) is 3.50. The fourth-order valence-corrected chi connectivity index (χ4v) is 3.50. The monoisotopic (exact) mass is 431 g/mol. The number of carbonyl (C=O) groups is 1. The third-order valence-corrected chi connectivity index (χ3v) is 5.05. The molecule has 0 radical (unpaired) electrons. The van der Waals surface area contributed by atoms with Crippen molar-refractivity contribution in [1.82, 2.24) is 9.55 Å². The second kappa shape index (κ2) is 7.91. The molecule has 160 valence electrons. The number of para-hydroxylation sites is 2. The number of hydrogen-bond donors (Lipinski definition) is 1. The van der Waals surface area contributed by atoms with Gasteiger partial charge in [0.2, 0.25) is 0 Å². The van der Waals surface area contributed by atoms with Gasteiger partial charge in [0.25, 0.3) is 5.91 Å². The molecule has 1 heterocycles. The van der Waals surface area contributed by atoms with E-state index in [0.717, 1.165) is 23.3 Å². The number of imidazole rings is 1. The number of hydrogen-bond acceptors (Lipinski definition) is 7. The van der Waals surface area contributed by atoms with Crippen molar-refractivity contribution in [2.75, 3.05) is 5.32 Å². The molecule has 10 nitrogen and oxygen atoms in total. The Morgan fingerprint density at radius 3 is 2.25 bits per heavy atom. The molecule has 0 aliphatic carbocycles. The molecular formula is C22H17N5O5. The first-order valence-corrected chi connectivity index (χ1v) is 9.54. The maximum absolute atomic E-state index is 13.1. The standard InChI is InChI=1S/C22H17N5O5/c1-13-7-8-16(14(2)9-13)24-21-19(26(29)30)10-15(11-20(21)27(31)32)22(28)25-12-23-17-5-3-4-6-18(17)25/h3-12,24H,1-2H3. The third-order valence-electron chi connectivity index (χ3n) is 5.05. The summed E-state index contributed by atoms with van der Waals surface area (Å²) >= 11 is 0. The minimum Gasteiger partial charge on any atom is -0.344 e. The van der Waals surface area contributed by atoms with Gasteiger partial charge in [0.1, 0.15) is 6.33 Å². The highest BCUT2D eigenvalue weighted by molar-refractivity contribution is 6.03. The van der Waals surface area contributed by atoms with Gasteiger partial charge in [-0.05, 0) is 37.6 Å². The molecule has 0 fully saturated rings. The van der Waals surface area contributed by atoms with E-state index in [0.29, 0.717) is 16.7 Å². The summed E-state index contributed by atoms with van der Waals surface area (Å²) in [6.07, 6.45) is 1.28. The lowest BCUT2D eigenvalue weighted by Gasteiger charge is -2.12. The van der Waals surface area contributed by atoms with Crippen molar-refractivity contribution in [2.45, 2.75) is 13.8 Å². The average molecular weight is 431 g/mol. The smallest absolute Gasteiger partial charge is 0.300 e. The summed E-state index contributed by atoms with van der Waals surface area (Å²) in [4.78, 5) is 39.3. The van der Waals surface area contributed by atoms with Crippen molar-refractivity contribution in [3.63, 3.8) is 0 Å². The topological polar surface area (TPSA) is 133 Å². The molecule has 0 bridgehead atoms. The predicted molar refractivity (Wildman–Crippen MR) is 118 cm³/mol. The molecule has 0 atom stereocenters. The zero-order valence-electron chi connectivity index (χ0n) is 17.1. The molecule has 1 N–H and O–H groups in total. The Kier molecular flexibility index (Phi) is 5.11. The number of carbonyl (C=O) groups excluding carboxylic acids is 1. The first-order valence-electron chi connectivity index (χ1n) is 9.54. The van der Waals surface area contributed by atoms with Crippen LogP contribution in [-0.2, 0) is 0 Å². The number of nitrogens with one attached hydrogen (secondary N) is 1. The SMILES string of the molecule is Cc1ccc(Nc2c([N+](=O)[O-])cc(C(=O)n3cnc4ccccc43)cc2[N+](=O)[O-])c(C)c1. The first kappa shape index (κ1) is 20.7. The maximum atomic E-state index is 13.1. The van der Waals surface area contributed by atoms with Gasteiger partial charge in [-0.15, -0.1) is 0 Å². The van der Waals surface area contributed by atoms with Gasteiger partial charge in [-0.1, -0.05) is 29.8 Å². The normalized spacial score (nSPS) is 10.8. The fraction of sp³-hybridized carbons (Fsp3) is 0.0909. The summed E-state index contributed by atoms with van der Waals surface area (Å²) < 4.78 is 1.20. The van der Waals surface area contributed by atoms with Crippen LogP contribution in [0.25, 0.3) is 11.0 Å². The number of anilines is 2. The third kappa shape index (κ3) is 3.65. The number of fused-ring (bicyclic) bond motifs is 1. The molecule has 4 aromatic rings. The Balaban J connectivity index is 1.86. The lowest BCUT2D eigenvalue weighted by atomic mass is 10.1. The second-order valence-electron chi connectivity index (χ2n) is 7.26. The Morgan fingerprint density at radius 1 is 0.969 bits per heavy atom. The van der Waals surface area contributed by atoms with E-state index in [4.69, 9.17) is 0 Å². The zero-order chi connectivity index (χ0) is 23.0. The van der Waals surface area contributed by atoms with Gasteiger partial charge in [-0.2, -0.15) is 0 Å². The molecule has 0 saturated carbocycles. The lowest BCUT2D eigenvalue weighted by Crippen LogP contribution is -2.13. The highest BCUT2D eigenvalue weighted by Gasteiger charge is 2.30. The molecule has 0 aliphatic rings. The summed E-state index contributed by atoms with van der Waals surface area (Å²) in [5.41, 5.74) is 1.62. The van der Waals surface area contributed by atoms with Crippen molar-refractivity contribution in [2.24, 2.45) is 0 Å². The van der Waals surface area contributed by atoms with Crippen molar-refractivity contribution in [3.8, 4) is 0 Å². The van der Waals surface area contributed by atoms with Crippen molar-refractivity contribution in [1.29, 1.82) is 0 Å². The quantitative estimate of drug-likeness (QED) is 0.351. The van der Waals surface area contributed by atoms with Crippen molar-refractivity contribution in [3.05, 3.63) is 97.8 Å². The van der Waals surface area contributed by atoms with Gasteiger partial charge in [0, 0.05) is 17.8 Å². The summed E-state index contributed by atoms with van der Waals surface area (Å²) in [6, 6.07) is 14.3. The van der Waals surface area contributed by atoms with Crippen LogP contribution in [0.15, 0.2) is 60.9 Å². The Bertz CT molecular complexity index is 1370. The van der Waals surface area contributed by atoms with E-state index in [1.165, 1.54) is 10.9 Å². The van der Waals surface area contributed by atoms with E-state index >= 15 is 0 Å². The summed E-state index contributed by atoms with van der Waals surface area (Å²) in [7, 11) is 0. The van der Waals surface area contributed by atoms with Crippen LogP contribution in [0.2, 0.25) is 0 Å². The molecule has 0 saturated heterocycles. The molecule has 32 heavy (non-hydrogen) atoms. The van der Waals surface area contributed by atoms with Crippen molar-refractivity contribution < 1.29 is 14.6 Å². The molecule has 0 unspecified atom stereocenters. The Labute approximate surface area is 181 Å². The largest absolute Gasteiger partial charge is 0.344 e. The Morgan fingerprint density at radius 2 is 1.62 bits per heavy atom. The molecule has 0 amide bonds. The number of aryl methyl sites for hydroxylation is 2. The molecule has 10 heteroatoms. The zero-order valence-corrected chi connectivity index (χ0v) is 17.1. The number of rotatable bonds is 5. The lowest BCUT2D eigenvalue weighted by molar-refractivity contribution is -0.392. The summed E-state index contributed by atoms with van der Waals surface area (Å²) in [6.45, 7) is 3.68. The van der Waals surface area contributed by atoms with Crippen molar-refractivity contribution >= 4 is 39.7 Å². The van der Waals surface area contributed by atoms with Gasteiger partial charge in [-0.3, -0.25) is 29.6 Å². The first-order chi connectivity index (χ1) is 15.3. The van der Waals surface area contributed by atoms with Gasteiger partial charge in [-0.25, -0.2) is 4.98 Å². The second-order valence-corrected chi connectivity index (χ2v) is 7.26. The molecule has 0 aliphatic heterocycles. The number of aromatic nitrogens is 2. The van der Waals surface area contributed by atoms with Crippen LogP contribution in [0.1, 0.15) is 21.5 Å². The van der Waals surface area contributed by atoms with E-state index in [9.17, 15) is 25.0 Å². The molecular weight excluding hydrogens is 414 g/mol. The van der Waals surface area contributed by atoms with Gasteiger partial charge in [0.05, 0.1) is 26.4 Å². The number of nitro groups is 2. The molecule has 1 aromatic heterocycles. The van der Waals surface area contributed by atoms with Gasteiger partial charge < -0.3 is 5.32 Å². The van der Waals surface area contributed by atoms with E-state index in [-0.39, 0.29) is 11.3 Å². The summed E-state index contributed by atoms with van der Waals surface area (Å²) in [5, 5.41) is 26.4. The molecule has 4 rings (SSSR count). The van der Waals surface area contributed by atoms with E-state index in [1.807, 2.05) is 13.0 Å². The summed E-state index contributed by atoms with van der Waals surface area (Å²) in [5.74, 6) is -0.664. The minimum atomic E-state index is -0.748.